The second kappa shape index (κ2) is 3.49. The van der Waals surface area contributed by atoms with Crippen molar-refractivity contribution in [2.75, 3.05) is 4.43 Å². The van der Waals surface area contributed by atoms with Gasteiger partial charge in [0.1, 0.15) is 5.58 Å². The van der Waals surface area contributed by atoms with Gasteiger partial charge in [0.05, 0.1) is 4.43 Å². The van der Waals surface area contributed by atoms with Crippen LogP contribution in [-0.4, -0.2) is 10.2 Å². The van der Waals surface area contributed by atoms with Gasteiger partial charge < -0.3 is 4.42 Å². The maximum Gasteiger partial charge on any atom is 0.207 e. The van der Waals surface area contributed by atoms with Gasteiger partial charge in [-0.3, -0.25) is 4.79 Å². The number of alkyl halides is 1. The van der Waals surface area contributed by atoms with E-state index in [1.165, 1.54) is 0 Å². The first-order chi connectivity index (χ1) is 6.31. The van der Waals surface area contributed by atoms with Crippen LogP contribution in [0.15, 0.2) is 34.7 Å². The van der Waals surface area contributed by atoms with Crippen molar-refractivity contribution >= 4 is 39.3 Å². The third-order valence-electron chi connectivity index (χ3n) is 1.82. The zero-order valence-corrected chi connectivity index (χ0v) is 8.95. The number of carbonyl (C=O) groups is 1. The third-order valence-corrected chi connectivity index (χ3v) is 2.51. The van der Waals surface area contributed by atoms with Gasteiger partial charge in [-0.2, -0.15) is 0 Å². The number of Topliss-reactive ketones (excluding diaryl/α,β-unsaturated/α-hetero) is 1. The lowest BCUT2D eigenvalue weighted by Gasteiger charge is -1.86. The van der Waals surface area contributed by atoms with Crippen LogP contribution in [0.25, 0.3) is 11.0 Å². The number of para-hydroxylation sites is 1. The average molecular weight is 286 g/mol. The van der Waals surface area contributed by atoms with E-state index in [9.17, 15) is 4.79 Å². The molecule has 0 radical (unpaired) electrons. The molecule has 0 saturated carbocycles. The number of carbonyl (C=O) groups excluding carboxylic acids is 1. The highest BCUT2D eigenvalue weighted by Gasteiger charge is 2.09. The summed E-state index contributed by atoms with van der Waals surface area (Å²) < 4.78 is 5.82. The molecule has 1 aromatic carbocycles. The van der Waals surface area contributed by atoms with Crippen molar-refractivity contribution in [1.82, 2.24) is 0 Å². The quantitative estimate of drug-likeness (QED) is 0.482. The summed E-state index contributed by atoms with van der Waals surface area (Å²) in [6.07, 6.45) is 0. The van der Waals surface area contributed by atoms with Crippen LogP contribution in [0.2, 0.25) is 0 Å². The molecule has 0 atom stereocenters. The van der Waals surface area contributed by atoms with Crippen LogP contribution in [0.1, 0.15) is 10.6 Å². The third kappa shape index (κ3) is 1.60. The molecule has 3 heteroatoms. The van der Waals surface area contributed by atoms with Crippen molar-refractivity contribution in [1.29, 1.82) is 0 Å². The zero-order chi connectivity index (χ0) is 9.26. The molecule has 1 aromatic heterocycles. The molecule has 0 spiro atoms. The first kappa shape index (κ1) is 8.74. The van der Waals surface area contributed by atoms with E-state index in [0.29, 0.717) is 10.2 Å². The van der Waals surface area contributed by atoms with E-state index >= 15 is 0 Å². The van der Waals surface area contributed by atoms with E-state index in [4.69, 9.17) is 4.42 Å². The summed E-state index contributed by atoms with van der Waals surface area (Å²) in [5.74, 6) is 0.493. The number of halogens is 1. The fourth-order valence-corrected chi connectivity index (χ4v) is 1.56. The van der Waals surface area contributed by atoms with Crippen molar-refractivity contribution in [2.45, 2.75) is 0 Å². The molecule has 0 fully saturated rings. The Hall–Kier alpha value is -0.840. The second-order valence-electron chi connectivity index (χ2n) is 2.71. The highest BCUT2D eigenvalue weighted by molar-refractivity contribution is 14.1. The van der Waals surface area contributed by atoms with Crippen LogP contribution in [0, 0.1) is 0 Å². The van der Waals surface area contributed by atoms with E-state index in [1.807, 2.05) is 46.9 Å². The smallest absolute Gasteiger partial charge is 0.207 e. The Labute approximate surface area is 89.1 Å². The molecule has 0 bridgehead atoms. The lowest BCUT2D eigenvalue weighted by Crippen LogP contribution is -1.96. The summed E-state index contributed by atoms with van der Waals surface area (Å²) in [6.45, 7) is 0. The van der Waals surface area contributed by atoms with Gasteiger partial charge in [0.25, 0.3) is 0 Å². The Morgan fingerprint density at radius 2 is 2.15 bits per heavy atom. The normalized spacial score (nSPS) is 10.5. The number of benzene rings is 1. The predicted molar refractivity (Wildman–Crippen MR) is 59.4 cm³/mol. The van der Waals surface area contributed by atoms with Gasteiger partial charge >= 0.3 is 0 Å². The van der Waals surface area contributed by atoms with E-state index in [0.717, 1.165) is 11.0 Å². The molecule has 13 heavy (non-hydrogen) atoms. The largest absolute Gasteiger partial charge is 0.453 e. The summed E-state index contributed by atoms with van der Waals surface area (Å²) in [6, 6.07) is 9.40. The highest BCUT2D eigenvalue weighted by atomic mass is 127. The molecule has 0 saturated heterocycles. The molecule has 2 aromatic rings. The monoisotopic (exact) mass is 286 g/mol. The molecule has 0 unspecified atom stereocenters. The first-order valence-corrected chi connectivity index (χ1v) is 5.41. The minimum atomic E-state index is 0.0387. The molecule has 0 amide bonds. The second-order valence-corrected chi connectivity index (χ2v) is 3.47. The molecule has 0 N–H and O–H groups in total. The molecule has 2 nitrogen and oxygen atoms in total. The number of furan rings is 1. The number of ketones is 1. The van der Waals surface area contributed by atoms with Crippen molar-refractivity contribution < 1.29 is 9.21 Å². The van der Waals surface area contributed by atoms with Crippen LogP contribution in [0.3, 0.4) is 0 Å². The van der Waals surface area contributed by atoms with E-state index in [2.05, 4.69) is 0 Å². The van der Waals surface area contributed by atoms with Gasteiger partial charge in [0.2, 0.25) is 5.78 Å². The SMILES string of the molecule is O=C(CI)c1cc2ccccc2o1. The van der Waals surface area contributed by atoms with E-state index < -0.39 is 0 Å². The lowest BCUT2D eigenvalue weighted by molar-refractivity contribution is 0.0997. The maximum atomic E-state index is 11.3. The van der Waals surface area contributed by atoms with Crippen LogP contribution in [-0.2, 0) is 0 Å². The summed E-state index contributed by atoms with van der Waals surface area (Å²) in [5.41, 5.74) is 0.774. The van der Waals surface area contributed by atoms with E-state index in [1.54, 1.807) is 6.07 Å². The van der Waals surface area contributed by atoms with Gasteiger partial charge in [-0.15, -0.1) is 0 Å². The average Bonchev–Trinajstić information content (AvgIpc) is 2.59. The maximum absolute atomic E-state index is 11.3. The fraction of sp³-hybridized carbons (Fsp3) is 0.100. The van der Waals surface area contributed by atoms with Crippen molar-refractivity contribution in [3.8, 4) is 0 Å². The topological polar surface area (TPSA) is 30.2 Å². The number of hydrogen-bond donors (Lipinski definition) is 0. The van der Waals surface area contributed by atoms with Gasteiger partial charge in [0, 0.05) is 5.39 Å². The van der Waals surface area contributed by atoms with Crippen molar-refractivity contribution in [3.05, 3.63) is 36.1 Å². The van der Waals surface area contributed by atoms with E-state index in [-0.39, 0.29) is 5.78 Å². The molecule has 66 valence electrons. The minimum Gasteiger partial charge on any atom is -0.453 e. The molecule has 0 aliphatic heterocycles. The minimum absolute atomic E-state index is 0.0387. The van der Waals surface area contributed by atoms with Crippen molar-refractivity contribution in [2.24, 2.45) is 0 Å². The Morgan fingerprint density at radius 1 is 1.38 bits per heavy atom. The fourth-order valence-electron chi connectivity index (χ4n) is 1.19. The summed E-state index contributed by atoms with van der Waals surface area (Å²) in [7, 11) is 0. The molecule has 0 aliphatic carbocycles. The lowest BCUT2D eigenvalue weighted by atomic mass is 10.2. The molecule has 1 heterocycles. The highest BCUT2D eigenvalue weighted by Crippen LogP contribution is 2.19. The number of fused-ring (bicyclic) bond motifs is 1. The Balaban J connectivity index is 2.56. The Morgan fingerprint density at radius 3 is 2.85 bits per heavy atom. The van der Waals surface area contributed by atoms with Crippen LogP contribution >= 0.6 is 22.6 Å². The first-order valence-electron chi connectivity index (χ1n) is 3.89. The van der Waals surface area contributed by atoms with Crippen LogP contribution in [0.5, 0.6) is 0 Å². The molecule has 0 aliphatic rings. The molecular weight excluding hydrogens is 279 g/mol. The Kier molecular flexibility index (Phi) is 2.35. The zero-order valence-electron chi connectivity index (χ0n) is 6.79. The van der Waals surface area contributed by atoms with Crippen LogP contribution in [0.4, 0.5) is 0 Å². The van der Waals surface area contributed by atoms with Gasteiger partial charge in [0.15, 0.2) is 5.76 Å². The van der Waals surface area contributed by atoms with Gasteiger partial charge in [-0.1, -0.05) is 40.8 Å². The molecule has 2 rings (SSSR count). The number of hydrogen-bond acceptors (Lipinski definition) is 2. The summed E-state index contributed by atoms with van der Waals surface area (Å²) >= 11 is 2.03. The van der Waals surface area contributed by atoms with Crippen LogP contribution < -0.4 is 0 Å². The van der Waals surface area contributed by atoms with Gasteiger partial charge in [-0.05, 0) is 12.1 Å². The Bertz CT molecular complexity index is 412. The summed E-state index contributed by atoms with van der Waals surface area (Å²) in [5, 5.41) is 0.982. The number of rotatable bonds is 2. The van der Waals surface area contributed by atoms with Gasteiger partial charge in [-0.25, -0.2) is 0 Å². The van der Waals surface area contributed by atoms with Crippen molar-refractivity contribution in [3.63, 3.8) is 0 Å². The predicted octanol–water partition coefficient (Wildman–Crippen LogP) is 3.05. The molecular formula is C10H7IO2. The standard InChI is InChI=1S/C10H7IO2/c11-6-8(12)10-5-7-3-1-2-4-9(7)13-10/h1-5H,6H2. The summed E-state index contributed by atoms with van der Waals surface area (Å²) in [4.78, 5) is 11.3.